The molecule has 3 aromatic heterocycles. The van der Waals surface area contributed by atoms with Gasteiger partial charge in [0, 0.05) is 49.5 Å². The van der Waals surface area contributed by atoms with Gasteiger partial charge in [0.15, 0.2) is 0 Å². The number of nitrogens with zero attached hydrogens (tertiary/aromatic N) is 5. The van der Waals surface area contributed by atoms with Crippen molar-refractivity contribution >= 4 is 16.9 Å². The van der Waals surface area contributed by atoms with Gasteiger partial charge in [-0.3, -0.25) is 14.6 Å². The molecule has 0 unspecified atom stereocenters. The van der Waals surface area contributed by atoms with E-state index in [0.29, 0.717) is 13.1 Å². The lowest BCUT2D eigenvalue weighted by Crippen LogP contribution is -2.55. The number of rotatable bonds is 6. The van der Waals surface area contributed by atoms with E-state index < -0.39 is 0 Å². The molecule has 1 amide bonds. The minimum absolute atomic E-state index is 0.109. The molecule has 9 nitrogen and oxygen atoms in total. The molecule has 2 fully saturated rings. The minimum atomic E-state index is 0.109. The first kappa shape index (κ1) is 22.5. The molecule has 9 heteroatoms. The summed E-state index contributed by atoms with van der Waals surface area (Å²) in [4.78, 5) is 19.7. The normalized spacial score (nSPS) is 21.1. The average Bonchev–Trinajstić information content (AvgIpc) is 3.60. The van der Waals surface area contributed by atoms with Gasteiger partial charge in [-0.15, -0.1) is 0 Å². The van der Waals surface area contributed by atoms with Gasteiger partial charge in [0.1, 0.15) is 22.7 Å². The van der Waals surface area contributed by atoms with Crippen LogP contribution in [-0.4, -0.2) is 69.2 Å². The van der Waals surface area contributed by atoms with Crippen molar-refractivity contribution in [2.45, 2.75) is 44.2 Å². The number of hydrogen-bond donors (Lipinski definition) is 1. The number of benzene rings is 1. The topological polar surface area (TPSA) is 98.2 Å². The van der Waals surface area contributed by atoms with Gasteiger partial charge in [-0.1, -0.05) is 18.2 Å². The van der Waals surface area contributed by atoms with Crippen LogP contribution in [0.4, 0.5) is 0 Å². The molecule has 2 aliphatic carbocycles. The summed E-state index contributed by atoms with van der Waals surface area (Å²) in [5.41, 5.74) is 8.06. The molecule has 1 aromatic carbocycles. The molecule has 0 radical (unpaired) electrons. The van der Waals surface area contributed by atoms with Crippen LogP contribution in [0.25, 0.3) is 33.5 Å². The van der Waals surface area contributed by atoms with Gasteiger partial charge in [0.25, 0.3) is 0 Å². The van der Waals surface area contributed by atoms with E-state index in [2.05, 4.69) is 33.5 Å². The van der Waals surface area contributed by atoms with Gasteiger partial charge in [-0.2, -0.15) is 10.2 Å². The third kappa shape index (κ3) is 3.63. The maximum atomic E-state index is 12.7. The van der Waals surface area contributed by atoms with Gasteiger partial charge in [0.2, 0.25) is 5.91 Å². The highest BCUT2D eigenvalue weighted by molar-refractivity contribution is 5.93. The quantitative estimate of drug-likeness (QED) is 0.434. The molecular formula is C28H30N6O3. The van der Waals surface area contributed by atoms with Crippen LogP contribution in [0.3, 0.4) is 0 Å². The van der Waals surface area contributed by atoms with Crippen molar-refractivity contribution in [3.8, 4) is 28.3 Å². The Hall–Kier alpha value is -3.72. The highest BCUT2D eigenvalue weighted by Gasteiger charge is 2.41. The lowest BCUT2D eigenvalue weighted by molar-refractivity contribution is -0.149. The van der Waals surface area contributed by atoms with E-state index >= 15 is 0 Å². The monoisotopic (exact) mass is 498 g/mol. The van der Waals surface area contributed by atoms with E-state index in [-0.39, 0.29) is 24.0 Å². The predicted octanol–water partition coefficient (Wildman–Crippen LogP) is 3.79. The summed E-state index contributed by atoms with van der Waals surface area (Å²) in [6, 6.07) is 8.63. The molecule has 4 aromatic rings. The van der Waals surface area contributed by atoms with Crippen LogP contribution in [0.1, 0.15) is 36.4 Å². The minimum Gasteiger partial charge on any atom is -0.494 e. The van der Waals surface area contributed by atoms with Gasteiger partial charge in [-0.25, -0.2) is 4.98 Å². The summed E-state index contributed by atoms with van der Waals surface area (Å²) in [6.45, 7) is 1.38. The first-order valence-electron chi connectivity index (χ1n) is 13.0. The molecule has 0 spiro atoms. The summed E-state index contributed by atoms with van der Waals surface area (Å²) in [5, 5.41) is 12.3. The molecule has 3 aliphatic rings. The molecule has 7 rings (SSSR count). The number of fused-ring (bicyclic) bond motifs is 2. The summed E-state index contributed by atoms with van der Waals surface area (Å²) < 4.78 is 13.0. The summed E-state index contributed by atoms with van der Waals surface area (Å²) >= 11 is 0. The number of methoxy groups -OCH3 is 2. The van der Waals surface area contributed by atoms with Crippen molar-refractivity contribution in [2.75, 3.05) is 27.3 Å². The van der Waals surface area contributed by atoms with E-state index in [4.69, 9.17) is 14.5 Å². The molecule has 1 aliphatic heterocycles. The highest BCUT2D eigenvalue weighted by Crippen LogP contribution is 2.39. The maximum absolute atomic E-state index is 12.7. The smallest absolute Gasteiger partial charge is 0.226 e. The second-order valence-electron chi connectivity index (χ2n) is 10.4. The molecule has 37 heavy (non-hydrogen) atoms. The molecular weight excluding hydrogens is 468 g/mol. The Kier molecular flexibility index (Phi) is 5.28. The van der Waals surface area contributed by atoms with Crippen LogP contribution in [0.2, 0.25) is 0 Å². The number of carbonyl (C=O) groups is 1. The number of amides is 1. The fraction of sp³-hybridized carbons (Fsp3) is 0.429. The van der Waals surface area contributed by atoms with E-state index in [9.17, 15) is 4.79 Å². The number of aromatic amines is 1. The lowest BCUT2D eigenvalue weighted by Gasteiger charge is -2.44. The van der Waals surface area contributed by atoms with Crippen LogP contribution in [-0.2, 0) is 22.4 Å². The molecule has 0 atom stereocenters. The van der Waals surface area contributed by atoms with Crippen LogP contribution >= 0.6 is 0 Å². The highest BCUT2D eigenvalue weighted by atomic mass is 16.5. The first-order chi connectivity index (χ1) is 18.1. The van der Waals surface area contributed by atoms with Gasteiger partial charge >= 0.3 is 0 Å². The lowest BCUT2D eigenvalue weighted by atomic mass is 9.80. The summed E-state index contributed by atoms with van der Waals surface area (Å²) in [7, 11) is 3.40. The summed E-state index contributed by atoms with van der Waals surface area (Å²) in [5.74, 6) is 1.09. The molecule has 4 heterocycles. The average molecular weight is 499 g/mol. The molecule has 1 saturated carbocycles. The third-order valence-corrected chi connectivity index (χ3v) is 8.32. The van der Waals surface area contributed by atoms with Crippen molar-refractivity contribution in [1.29, 1.82) is 0 Å². The van der Waals surface area contributed by atoms with Crippen molar-refractivity contribution in [3.63, 3.8) is 0 Å². The zero-order valence-electron chi connectivity index (χ0n) is 21.1. The Morgan fingerprint density at radius 2 is 2.00 bits per heavy atom. The Morgan fingerprint density at radius 1 is 1.14 bits per heavy atom. The fourth-order valence-corrected chi connectivity index (χ4v) is 6.00. The number of H-pyrrole nitrogens is 1. The fourth-order valence-electron chi connectivity index (χ4n) is 6.00. The number of pyridine rings is 1. The van der Waals surface area contributed by atoms with Crippen LogP contribution in [0, 0.1) is 5.92 Å². The van der Waals surface area contributed by atoms with Gasteiger partial charge < -0.3 is 14.4 Å². The maximum Gasteiger partial charge on any atom is 0.226 e. The Balaban J connectivity index is 1.15. The number of aromatic nitrogens is 5. The van der Waals surface area contributed by atoms with E-state index in [1.54, 1.807) is 14.2 Å². The largest absolute Gasteiger partial charge is 0.494 e. The van der Waals surface area contributed by atoms with E-state index in [1.165, 1.54) is 17.5 Å². The van der Waals surface area contributed by atoms with Crippen molar-refractivity contribution in [1.82, 2.24) is 29.9 Å². The standard InChI is InChI=1S/C28H30N6O3/c1-36-20-9-17(10-20)28(35)33-14-19(15-33)34-13-18(12-29-34)25-27-23(31-32-25)11-24(37-2)26(30-27)22-8-4-6-16-5-3-7-21(16)22/h4,6,8,11-13,17,19-20H,3,5,7,9-10,14-15H2,1-2H3,(H,31,32). The van der Waals surface area contributed by atoms with Crippen LogP contribution in [0.5, 0.6) is 5.75 Å². The molecule has 0 bridgehead atoms. The SMILES string of the molecule is COc1cc2[nH]nc(-c3cnn(C4CN(C(=O)C5CC(OC)C5)C4)c3)c2nc1-c1cccc2c1CCC2. The van der Waals surface area contributed by atoms with Crippen LogP contribution in [0.15, 0.2) is 36.7 Å². The first-order valence-corrected chi connectivity index (χ1v) is 13.0. The zero-order valence-corrected chi connectivity index (χ0v) is 21.1. The van der Waals surface area contributed by atoms with E-state index in [1.807, 2.05) is 28.0 Å². The number of carbonyl (C=O) groups excluding carboxylic acids is 1. The number of hydrogen-bond acceptors (Lipinski definition) is 6. The third-order valence-electron chi connectivity index (χ3n) is 8.32. The Morgan fingerprint density at radius 3 is 2.81 bits per heavy atom. The van der Waals surface area contributed by atoms with Crippen molar-refractivity contribution < 1.29 is 14.3 Å². The summed E-state index contributed by atoms with van der Waals surface area (Å²) in [6.07, 6.45) is 9.10. The molecule has 1 N–H and O–H groups in total. The van der Waals surface area contributed by atoms with Crippen molar-refractivity contribution in [3.05, 3.63) is 47.8 Å². The number of ether oxygens (including phenoxy) is 2. The molecule has 1 saturated heterocycles. The number of aryl methyl sites for hydroxylation is 1. The predicted molar refractivity (Wildman–Crippen MR) is 138 cm³/mol. The second kappa shape index (κ2) is 8.69. The zero-order chi connectivity index (χ0) is 25.1. The van der Waals surface area contributed by atoms with Crippen LogP contribution < -0.4 is 4.74 Å². The van der Waals surface area contributed by atoms with Crippen molar-refractivity contribution in [2.24, 2.45) is 5.92 Å². The second-order valence-corrected chi connectivity index (χ2v) is 10.4. The number of nitrogens with one attached hydrogen (secondary N) is 1. The van der Waals surface area contributed by atoms with E-state index in [0.717, 1.165) is 65.0 Å². The van der Waals surface area contributed by atoms with Gasteiger partial charge in [0.05, 0.1) is 31.0 Å². The Bertz CT molecular complexity index is 1500. The molecule has 190 valence electrons. The Labute approximate surface area is 214 Å². The van der Waals surface area contributed by atoms with Gasteiger partial charge in [-0.05, 0) is 43.2 Å². The number of likely N-dealkylation sites (tertiary alicyclic amines) is 1.